The second kappa shape index (κ2) is 7.41. The first-order chi connectivity index (χ1) is 14.7. The zero-order chi connectivity index (χ0) is 20.5. The van der Waals surface area contributed by atoms with Crippen molar-refractivity contribution in [2.24, 2.45) is 0 Å². The quantitative estimate of drug-likeness (QED) is 0.378. The maximum absolute atomic E-state index is 12.8. The van der Waals surface area contributed by atoms with Crippen molar-refractivity contribution in [2.45, 2.75) is 0 Å². The Kier molecular flexibility index (Phi) is 4.45. The molecule has 5 aromatic rings. The van der Waals surface area contributed by atoms with Gasteiger partial charge in [0, 0.05) is 22.4 Å². The second-order valence-electron chi connectivity index (χ2n) is 7.04. The molecule has 0 spiro atoms. The van der Waals surface area contributed by atoms with E-state index in [1.165, 1.54) is 0 Å². The van der Waals surface area contributed by atoms with Crippen LogP contribution in [-0.2, 0) is 0 Å². The van der Waals surface area contributed by atoms with Gasteiger partial charge in [-0.15, -0.1) is 0 Å². The normalized spacial score (nSPS) is 11.0. The standard InChI is InChI=1S/C26H19NO3/c1-29-25-15-21-20-9-5-6-10-23(20)30-24(21)16-22(25)27-26(28)19-13-11-18(12-14-19)17-7-3-2-4-8-17/h2-16H,1H3,(H,27,28). The number of ether oxygens (including phenoxy) is 1. The minimum absolute atomic E-state index is 0.205. The Morgan fingerprint density at radius 1 is 0.767 bits per heavy atom. The molecule has 0 bridgehead atoms. The van der Waals surface area contributed by atoms with E-state index in [1.807, 2.05) is 91.0 Å². The summed E-state index contributed by atoms with van der Waals surface area (Å²) in [5.41, 5.74) is 4.82. The minimum atomic E-state index is -0.205. The number of amides is 1. The van der Waals surface area contributed by atoms with Crippen LogP contribution in [-0.4, -0.2) is 13.0 Å². The molecule has 4 nitrogen and oxygen atoms in total. The number of para-hydroxylation sites is 1. The first-order valence-electron chi connectivity index (χ1n) is 9.69. The molecular formula is C26H19NO3. The van der Waals surface area contributed by atoms with Crippen molar-refractivity contribution in [1.82, 2.24) is 0 Å². The molecule has 0 unspecified atom stereocenters. The van der Waals surface area contributed by atoms with E-state index in [9.17, 15) is 4.79 Å². The van der Waals surface area contributed by atoms with E-state index in [0.29, 0.717) is 22.6 Å². The highest BCUT2D eigenvalue weighted by molar-refractivity contribution is 6.10. The van der Waals surface area contributed by atoms with Crippen LogP contribution < -0.4 is 10.1 Å². The van der Waals surface area contributed by atoms with Gasteiger partial charge in [0.25, 0.3) is 5.91 Å². The first kappa shape index (κ1) is 18.0. The lowest BCUT2D eigenvalue weighted by atomic mass is 10.0. The number of fused-ring (bicyclic) bond motifs is 3. The van der Waals surface area contributed by atoms with Gasteiger partial charge in [-0.3, -0.25) is 4.79 Å². The summed E-state index contributed by atoms with van der Waals surface area (Å²) < 4.78 is 11.5. The lowest BCUT2D eigenvalue weighted by Gasteiger charge is -2.11. The van der Waals surface area contributed by atoms with Crippen molar-refractivity contribution in [3.63, 3.8) is 0 Å². The molecule has 0 atom stereocenters. The number of hydrogen-bond acceptors (Lipinski definition) is 3. The Balaban J connectivity index is 1.46. The van der Waals surface area contributed by atoms with Crippen molar-refractivity contribution >= 4 is 33.5 Å². The molecule has 4 aromatic carbocycles. The van der Waals surface area contributed by atoms with Crippen molar-refractivity contribution in [1.29, 1.82) is 0 Å². The number of hydrogen-bond donors (Lipinski definition) is 1. The highest BCUT2D eigenvalue weighted by Crippen LogP contribution is 2.36. The summed E-state index contributed by atoms with van der Waals surface area (Å²) in [4.78, 5) is 12.8. The van der Waals surface area contributed by atoms with E-state index in [4.69, 9.17) is 9.15 Å². The molecule has 0 aliphatic carbocycles. The average molecular weight is 393 g/mol. The molecular weight excluding hydrogens is 374 g/mol. The molecule has 146 valence electrons. The van der Waals surface area contributed by atoms with Crippen molar-refractivity contribution in [3.05, 3.63) is 96.6 Å². The second-order valence-corrected chi connectivity index (χ2v) is 7.04. The highest BCUT2D eigenvalue weighted by atomic mass is 16.5. The summed E-state index contributed by atoms with van der Waals surface area (Å²) >= 11 is 0. The summed E-state index contributed by atoms with van der Waals surface area (Å²) in [5.74, 6) is 0.381. The number of rotatable bonds is 4. The van der Waals surface area contributed by atoms with Gasteiger partial charge in [-0.1, -0.05) is 60.7 Å². The molecule has 1 heterocycles. The van der Waals surface area contributed by atoms with E-state index in [0.717, 1.165) is 27.5 Å². The van der Waals surface area contributed by atoms with Crippen LogP contribution in [0.1, 0.15) is 10.4 Å². The van der Waals surface area contributed by atoms with E-state index in [1.54, 1.807) is 7.11 Å². The molecule has 0 saturated carbocycles. The van der Waals surface area contributed by atoms with E-state index in [-0.39, 0.29) is 5.91 Å². The SMILES string of the molecule is COc1cc2c(cc1NC(=O)c1ccc(-c3ccccc3)cc1)oc1ccccc12. The molecule has 0 aliphatic heterocycles. The van der Waals surface area contributed by atoms with Crippen LogP contribution in [0.2, 0.25) is 0 Å². The van der Waals surface area contributed by atoms with Crippen LogP contribution in [0, 0.1) is 0 Å². The number of carbonyl (C=O) groups excluding carboxylic acids is 1. The molecule has 1 N–H and O–H groups in total. The predicted octanol–water partition coefficient (Wildman–Crippen LogP) is 6.51. The molecule has 1 amide bonds. The topological polar surface area (TPSA) is 51.5 Å². The van der Waals surface area contributed by atoms with Gasteiger partial charge in [0.2, 0.25) is 0 Å². The molecule has 4 heteroatoms. The van der Waals surface area contributed by atoms with Crippen molar-refractivity contribution in [2.75, 3.05) is 12.4 Å². The number of nitrogens with one attached hydrogen (secondary N) is 1. The summed E-state index contributed by atoms with van der Waals surface area (Å²) in [5, 5.41) is 4.92. The zero-order valence-electron chi connectivity index (χ0n) is 16.4. The molecule has 1 aromatic heterocycles. The molecule has 0 radical (unpaired) electrons. The van der Waals surface area contributed by atoms with Crippen molar-refractivity contribution in [3.8, 4) is 16.9 Å². The molecule has 0 saturated heterocycles. The van der Waals surface area contributed by atoms with Crippen LogP contribution in [0.4, 0.5) is 5.69 Å². The van der Waals surface area contributed by atoms with Crippen LogP contribution in [0.3, 0.4) is 0 Å². The minimum Gasteiger partial charge on any atom is -0.495 e. The van der Waals surface area contributed by atoms with Gasteiger partial charge in [-0.05, 0) is 35.4 Å². The third-order valence-corrected chi connectivity index (χ3v) is 5.20. The fraction of sp³-hybridized carbons (Fsp3) is 0.0385. The maximum atomic E-state index is 12.8. The Bertz CT molecular complexity index is 1350. The van der Waals surface area contributed by atoms with Gasteiger partial charge in [0.1, 0.15) is 16.9 Å². The maximum Gasteiger partial charge on any atom is 0.255 e. The lowest BCUT2D eigenvalue weighted by Crippen LogP contribution is -2.12. The third-order valence-electron chi connectivity index (χ3n) is 5.20. The predicted molar refractivity (Wildman–Crippen MR) is 120 cm³/mol. The van der Waals surface area contributed by atoms with Gasteiger partial charge in [0.05, 0.1) is 12.8 Å². The van der Waals surface area contributed by atoms with Gasteiger partial charge >= 0.3 is 0 Å². The fourth-order valence-electron chi connectivity index (χ4n) is 3.66. The Morgan fingerprint density at radius 2 is 1.47 bits per heavy atom. The molecule has 5 rings (SSSR count). The number of methoxy groups -OCH3 is 1. The van der Waals surface area contributed by atoms with E-state index >= 15 is 0 Å². The van der Waals surface area contributed by atoms with Crippen LogP contribution >= 0.6 is 0 Å². The summed E-state index contributed by atoms with van der Waals surface area (Å²) in [6.45, 7) is 0. The average Bonchev–Trinajstić information content (AvgIpc) is 3.16. The summed E-state index contributed by atoms with van der Waals surface area (Å²) in [7, 11) is 1.59. The molecule has 0 fully saturated rings. The highest BCUT2D eigenvalue weighted by Gasteiger charge is 2.15. The Morgan fingerprint density at radius 3 is 2.23 bits per heavy atom. The van der Waals surface area contributed by atoms with Crippen molar-refractivity contribution < 1.29 is 13.9 Å². The largest absolute Gasteiger partial charge is 0.495 e. The molecule has 30 heavy (non-hydrogen) atoms. The smallest absolute Gasteiger partial charge is 0.255 e. The van der Waals surface area contributed by atoms with Gasteiger partial charge < -0.3 is 14.5 Å². The van der Waals surface area contributed by atoms with Gasteiger partial charge in [-0.2, -0.15) is 0 Å². The summed E-state index contributed by atoms with van der Waals surface area (Å²) in [6.07, 6.45) is 0. The van der Waals surface area contributed by atoms with Crippen LogP contribution in [0.25, 0.3) is 33.1 Å². The summed E-state index contributed by atoms with van der Waals surface area (Å²) in [6, 6.07) is 29.2. The van der Waals surface area contributed by atoms with E-state index < -0.39 is 0 Å². The first-order valence-corrected chi connectivity index (χ1v) is 9.69. The van der Waals surface area contributed by atoms with Gasteiger partial charge in [-0.25, -0.2) is 0 Å². The molecule has 0 aliphatic rings. The van der Waals surface area contributed by atoms with Crippen LogP contribution in [0.15, 0.2) is 95.4 Å². The zero-order valence-corrected chi connectivity index (χ0v) is 16.4. The number of furan rings is 1. The number of benzene rings is 4. The van der Waals surface area contributed by atoms with Gasteiger partial charge in [0.15, 0.2) is 0 Å². The lowest BCUT2D eigenvalue weighted by molar-refractivity contribution is 0.102. The fourth-order valence-corrected chi connectivity index (χ4v) is 3.66. The Hall–Kier alpha value is -4.05. The number of anilines is 1. The Labute approximate surface area is 173 Å². The van der Waals surface area contributed by atoms with E-state index in [2.05, 4.69) is 5.32 Å². The van der Waals surface area contributed by atoms with Crippen LogP contribution in [0.5, 0.6) is 5.75 Å². The third kappa shape index (κ3) is 3.18. The number of carbonyl (C=O) groups is 1. The monoisotopic (exact) mass is 393 g/mol.